The minimum absolute atomic E-state index is 0.293. The van der Waals surface area contributed by atoms with Crippen LogP contribution in [0.25, 0.3) is 0 Å². The molecule has 0 saturated carbocycles. The van der Waals surface area contributed by atoms with Crippen LogP contribution >= 0.6 is 0 Å². The first-order valence-electron chi connectivity index (χ1n) is 8.03. The summed E-state index contributed by atoms with van der Waals surface area (Å²) in [5.74, 6) is 2.00. The maximum Gasteiger partial charge on any atom is 0.172 e. The van der Waals surface area contributed by atoms with Crippen LogP contribution in [0.15, 0.2) is 0 Å². The molecular weight excluding hydrogens is 280 g/mol. The molecule has 0 N–H and O–H groups in total. The molecule has 0 radical (unpaired) electrons. The fourth-order valence-corrected chi connectivity index (χ4v) is 3.23. The maximum atomic E-state index is 5.49. The summed E-state index contributed by atoms with van der Waals surface area (Å²) in [7, 11) is 3.57. The fraction of sp³-hybridized carbons (Fsp3) is 0.750. The van der Waals surface area contributed by atoms with Crippen molar-refractivity contribution in [3.8, 4) is 0 Å². The van der Waals surface area contributed by atoms with Gasteiger partial charge in [0.1, 0.15) is 0 Å². The van der Waals surface area contributed by atoms with E-state index in [0.29, 0.717) is 12.2 Å². The molecule has 122 valence electrons. The van der Waals surface area contributed by atoms with Crippen LogP contribution < -0.4 is 9.80 Å². The molecule has 2 fully saturated rings. The monoisotopic (exact) mass is 306 g/mol. The van der Waals surface area contributed by atoms with Gasteiger partial charge in [-0.3, -0.25) is 0 Å². The number of hydrogen-bond acceptors (Lipinski definition) is 6. The zero-order valence-electron chi connectivity index (χ0n) is 14.0. The Labute approximate surface area is 132 Å². The largest absolute Gasteiger partial charge is 0.380 e. The summed E-state index contributed by atoms with van der Waals surface area (Å²) in [5.41, 5.74) is 2.00. The molecule has 6 nitrogen and oxygen atoms in total. The summed E-state index contributed by atoms with van der Waals surface area (Å²) in [4.78, 5) is 14.3. The zero-order chi connectivity index (χ0) is 15.7. The number of aromatic nitrogens is 2. The number of ether oxygens (including phenoxy) is 2. The number of anilines is 2. The van der Waals surface area contributed by atoms with E-state index in [-0.39, 0.29) is 0 Å². The molecule has 22 heavy (non-hydrogen) atoms. The molecule has 3 rings (SSSR count). The van der Waals surface area contributed by atoms with Crippen molar-refractivity contribution in [3.63, 3.8) is 0 Å². The minimum Gasteiger partial charge on any atom is -0.380 e. The smallest absolute Gasteiger partial charge is 0.172 e. The Morgan fingerprint density at radius 3 is 1.55 bits per heavy atom. The van der Waals surface area contributed by atoms with Crippen LogP contribution in [0.5, 0.6) is 0 Å². The van der Waals surface area contributed by atoms with Crippen molar-refractivity contribution in [1.82, 2.24) is 9.97 Å². The van der Waals surface area contributed by atoms with E-state index in [9.17, 15) is 0 Å². The molecule has 3 heterocycles. The number of rotatable bonds is 4. The molecule has 0 aliphatic carbocycles. The van der Waals surface area contributed by atoms with E-state index in [4.69, 9.17) is 19.4 Å². The lowest BCUT2D eigenvalue weighted by Gasteiger charge is -2.26. The lowest BCUT2D eigenvalue weighted by molar-refractivity contribution is 0.120. The third kappa shape index (κ3) is 2.90. The first-order valence-corrected chi connectivity index (χ1v) is 8.03. The maximum absolute atomic E-state index is 5.49. The van der Waals surface area contributed by atoms with E-state index in [1.807, 2.05) is 13.8 Å². The van der Waals surface area contributed by atoms with Crippen molar-refractivity contribution in [1.29, 1.82) is 0 Å². The molecule has 0 aromatic carbocycles. The van der Waals surface area contributed by atoms with Gasteiger partial charge in [0.25, 0.3) is 0 Å². The van der Waals surface area contributed by atoms with Gasteiger partial charge < -0.3 is 19.3 Å². The molecule has 0 bridgehead atoms. The van der Waals surface area contributed by atoms with Gasteiger partial charge in [-0.2, -0.15) is 0 Å². The van der Waals surface area contributed by atoms with Gasteiger partial charge in [0.2, 0.25) is 0 Å². The van der Waals surface area contributed by atoms with Crippen LogP contribution in [-0.4, -0.2) is 62.6 Å². The highest BCUT2D eigenvalue weighted by molar-refractivity contribution is 5.64. The number of methoxy groups -OCH3 is 2. The summed E-state index contributed by atoms with van der Waals surface area (Å²) >= 11 is 0. The molecular formula is C16H26N4O2. The highest BCUT2D eigenvalue weighted by atomic mass is 16.5. The highest BCUT2D eigenvalue weighted by Gasteiger charge is 2.31. The lowest BCUT2D eigenvalue weighted by Crippen LogP contribution is -2.30. The summed E-state index contributed by atoms with van der Waals surface area (Å²) in [6.45, 7) is 7.79. The number of hydrogen-bond donors (Lipinski definition) is 0. The van der Waals surface area contributed by atoms with Crippen LogP contribution in [0.4, 0.5) is 11.6 Å². The summed E-state index contributed by atoms with van der Waals surface area (Å²) in [6, 6.07) is 0. The molecule has 2 aliphatic heterocycles. The van der Waals surface area contributed by atoms with Crippen molar-refractivity contribution in [2.24, 2.45) is 0 Å². The van der Waals surface area contributed by atoms with Gasteiger partial charge in [0.05, 0.1) is 23.6 Å². The van der Waals surface area contributed by atoms with E-state index in [1.54, 1.807) is 14.2 Å². The molecule has 6 heteroatoms. The summed E-state index contributed by atoms with van der Waals surface area (Å²) in [5, 5.41) is 0. The Balaban J connectivity index is 1.90. The second-order valence-electron chi connectivity index (χ2n) is 6.23. The van der Waals surface area contributed by atoms with Gasteiger partial charge >= 0.3 is 0 Å². The molecule has 1 aromatic rings. The fourth-order valence-electron chi connectivity index (χ4n) is 3.23. The van der Waals surface area contributed by atoms with E-state index < -0.39 is 0 Å². The second-order valence-corrected chi connectivity index (χ2v) is 6.23. The molecule has 0 unspecified atom stereocenters. The van der Waals surface area contributed by atoms with Crippen molar-refractivity contribution in [3.05, 3.63) is 11.4 Å². The predicted octanol–water partition coefficient (Wildman–Crippen LogP) is 1.54. The number of aryl methyl sites for hydroxylation is 2. The van der Waals surface area contributed by atoms with Gasteiger partial charge in [-0.15, -0.1) is 0 Å². The predicted molar refractivity (Wildman–Crippen MR) is 86.8 cm³/mol. The van der Waals surface area contributed by atoms with Crippen LogP contribution in [-0.2, 0) is 9.47 Å². The van der Waals surface area contributed by atoms with Crippen molar-refractivity contribution >= 4 is 11.6 Å². The van der Waals surface area contributed by atoms with Gasteiger partial charge in [-0.05, 0) is 26.7 Å². The van der Waals surface area contributed by atoms with E-state index in [0.717, 1.165) is 62.0 Å². The van der Waals surface area contributed by atoms with Crippen LogP contribution in [0, 0.1) is 13.8 Å². The van der Waals surface area contributed by atoms with Crippen molar-refractivity contribution < 1.29 is 9.47 Å². The quantitative estimate of drug-likeness (QED) is 0.841. The average Bonchev–Trinajstić information content (AvgIpc) is 3.17. The Morgan fingerprint density at radius 2 is 1.23 bits per heavy atom. The van der Waals surface area contributed by atoms with Crippen LogP contribution in [0.3, 0.4) is 0 Å². The standard InChI is InChI=1S/C16H26N4O2/c1-11-12(2)18-16(20-8-6-14(10-20)22-4)15(17-11)19-7-5-13(9-19)21-3/h13-14H,5-10H2,1-4H3/t13-,14-/m0/s1. The summed E-state index contributed by atoms with van der Waals surface area (Å²) in [6.07, 6.45) is 2.68. The normalized spacial score (nSPS) is 25.3. The van der Waals surface area contributed by atoms with E-state index in [1.165, 1.54) is 0 Å². The topological polar surface area (TPSA) is 50.7 Å². The molecule has 2 saturated heterocycles. The van der Waals surface area contributed by atoms with Crippen LogP contribution in [0.2, 0.25) is 0 Å². The molecule has 0 amide bonds. The summed E-state index contributed by atoms with van der Waals surface area (Å²) < 4.78 is 11.0. The Kier molecular flexibility index (Phi) is 4.49. The SMILES string of the molecule is CO[C@H]1CCN(c2nc(C)c(C)nc2N2CC[C@H](OC)C2)C1. The Morgan fingerprint density at radius 1 is 0.818 bits per heavy atom. The Hall–Kier alpha value is -1.40. The lowest BCUT2D eigenvalue weighted by atomic mass is 10.3. The molecule has 2 aliphatic rings. The van der Waals surface area contributed by atoms with E-state index in [2.05, 4.69) is 9.80 Å². The van der Waals surface area contributed by atoms with Crippen molar-refractivity contribution in [2.45, 2.75) is 38.9 Å². The minimum atomic E-state index is 0.293. The molecule has 2 atom stereocenters. The van der Waals surface area contributed by atoms with Crippen molar-refractivity contribution in [2.75, 3.05) is 50.2 Å². The van der Waals surface area contributed by atoms with E-state index >= 15 is 0 Å². The molecule has 0 spiro atoms. The zero-order valence-corrected chi connectivity index (χ0v) is 14.0. The van der Waals surface area contributed by atoms with Gasteiger partial charge in [0, 0.05) is 40.4 Å². The van der Waals surface area contributed by atoms with Crippen LogP contribution in [0.1, 0.15) is 24.2 Å². The third-order valence-corrected chi connectivity index (χ3v) is 4.83. The highest BCUT2D eigenvalue weighted by Crippen LogP contribution is 2.32. The average molecular weight is 306 g/mol. The second kappa shape index (κ2) is 6.38. The van der Waals surface area contributed by atoms with Gasteiger partial charge in [-0.1, -0.05) is 0 Å². The first kappa shape index (κ1) is 15.5. The first-order chi connectivity index (χ1) is 10.6. The Bertz CT molecular complexity index is 490. The third-order valence-electron chi connectivity index (χ3n) is 4.83. The van der Waals surface area contributed by atoms with Gasteiger partial charge in [-0.25, -0.2) is 9.97 Å². The molecule has 1 aromatic heterocycles. The number of nitrogens with zero attached hydrogens (tertiary/aromatic N) is 4. The van der Waals surface area contributed by atoms with Gasteiger partial charge in [0.15, 0.2) is 11.6 Å².